The summed E-state index contributed by atoms with van der Waals surface area (Å²) < 4.78 is 5.40. The van der Waals surface area contributed by atoms with Crippen LogP contribution in [-0.4, -0.2) is 52.8 Å². The van der Waals surface area contributed by atoms with Crippen LogP contribution < -0.4 is 15.4 Å². The Kier molecular flexibility index (Phi) is 7.62. The van der Waals surface area contributed by atoms with Crippen LogP contribution in [0.5, 0.6) is 5.75 Å². The van der Waals surface area contributed by atoms with Gasteiger partial charge in [-0.25, -0.2) is 4.98 Å². The molecule has 1 aliphatic heterocycles. The molecule has 1 aromatic carbocycles. The molecular formula is C22H28N4O4S. The minimum Gasteiger partial charge on any atom is -0.494 e. The van der Waals surface area contributed by atoms with E-state index in [1.807, 2.05) is 20.8 Å². The lowest BCUT2D eigenvalue weighted by Gasteiger charge is -2.30. The smallest absolute Gasteiger partial charge is 0.251 e. The number of likely N-dealkylation sites (tertiary alicyclic amines) is 1. The Balaban J connectivity index is 1.68. The molecule has 1 aliphatic rings. The molecule has 1 fully saturated rings. The van der Waals surface area contributed by atoms with Gasteiger partial charge in [-0.1, -0.05) is 13.8 Å². The topological polar surface area (TPSA) is 101 Å². The molecule has 0 aliphatic carbocycles. The van der Waals surface area contributed by atoms with E-state index >= 15 is 0 Å². The lowest BCUT2D eigenvalue weighted by Crippen LogP contribution is -2.54. The zero-order valence-corrected chi connectivity index (χ0v) is 18.8. The molecule has 31 heavy (non-hydrogen) atoms. The van der Waals surface area contributed by atoms with Gasteiger partial charge in [0.05, 0.1) is 6.61 Å². The number of carbonyl (C=O) groups excluding carboxylic acids is 3. The van der Waals surface area contributed by atoms with Gasteiger partial charge in [0.2, 0.25) is 11.8 Å². The van der Waals surface area contributed by atoms with Crippen molar-refractivity contribution in [1.82, 2.24) is 15.2 Å². The fourth-order valence-corrected chi connectivity index (χ4v) is 4.09. The van der Waals surface area contributed by atoms with Gasteiger partial charge in [0.15, 0.2) is 5.13 Å². The molecular weight excluding hydrogens is 416 g/mol. The first-order valence-electron chi connectivity index (χ1n) is 10.4. The van der Waals surface area contributed by atoms with Crippen molar-refractivity contribution >= 4 is 34.2 Å². The maximum atomic E-state index is 13.3. The number of hydrogen-bond acceptors (Lipinski definition) is 6. The number of amides is 3. The van der Waals surface area contributed by atoms with Crippen molar-refractivity contribution in [3.05, 3.63) is 41.4 Å². The van der Waals surface area contributed by atoms with Crippen LogP contribution in [0.25, 0.3) is 0 Å². The summed E-state index contributed by atoms with van der Waals surface area (Å²) >= 11 is 1.33. The predicted octanol–water partition coefficient (Wildman–Crippen LogP) is 2.93. The number of nitrogens with one attached hydrogen (secondary N) is 2. The van der Waals surface area contributed by atoms with Crippen LogP contribution in [0, 0.1) is 5.92 Å². The number of nitrogens with zero attached hydrogens (tertiary/aromatic N) is 2. The van der Waals surface area contributed by atoms with Crippen LogP contribution in [0.3, 0.4) is 0 Å². The van der Waals surface area contributed by atoms with Crippen molar-refractivity contribution in [3.8, 4) is 5.75 Å². The van der Waals surface area contributed by atoms with Gasteiger partial charge in [-0.2, -0.15) is 0 Å². The molecule has 166 valence electrons. The monoisotopic (exact) mass is 444 g/mol. The van der Waals surface area contributed by atoms with Crippen molar-refractivity contribution in [1.29, 1.82) is 0 Å². The highest BCUT2D eigenvalue weighted by molar-refractivity contribution is 7.13. The number of rotatable bonds is 8. The highest BCUT2D eigenvalue weighted by Crippen LogP contribution is 2.23. The molecule has 8 nitrogen and oxygen atoms in total. The van der Waals surface area contributed by atoms with Crippen LogP contribution in [-0.2, 0) is 9.59 Å². The molecule has 2 unspecified atom stereocenters. The quantitative estimate of drug-likeness (QED) is 0.652. The lowest BCUT2D eigenvalue weighted by molar-refractivity contribution is -0.139. The van der Waals surface area contributed by atoms with Gasteiger partial charge in [0.25, 0.3) is 5.91 Å². The van der Waals surface area contributed by atoms with E-state index < -0.39 is 12.1 Å². The highest BCUT2D eigenvalue weighted by atomic mass is 32.1. The molecule has 0 bridgehead atoms. The van der Waals surface area contributed by atoms with Gasteiger partial charge < -0.3 is 20.3 Å². The zero-order valence-electron chi connectivity index (χ0n) is 18.0. The average Bonchev–Trinajstić information content (AvgIpc) is 3.44. The molecule has 2 heterocycles. The van der Waals surface area contributed by atoms with Crippen molar-refractivity contribution in [2.75, 3.05) is 18.5 Å². The van der Waals surface area contributed by atoms with E-state index in [9.17, 15) is 14.4 Å². The first-order valence-corrected chi connectivity index (χ1v) is 11.3. The minimum atomic E-state index is -0.729. The second kappa shape index (κ2) is 10.4. The molecule has 9 heteroatoms. The summed E-state index contributed by atoms with van der Waals surface area (Å²) in [5, 5.41) is 7.91. The number of thiazole rings is 1. The SMILES string of the molecule is CCOc1ccc(C(=O)NC(C(=O)N2CCCC2C(=O)Nc2nccs2)C(C)C)cc1. The van der Waals surface area contributed by atoms with E-state index in [4.69, 9.17) is 4.74 Å². The Hall–Kier alpha value is -2.94. The molecule has 2 atom stereocenters. The van der Waals surface area contributed by atoms with E-state index in [1.165, 1.54) is 11.3 Å². The number of hydrogen-bond donors (Lipinski definition) is 2. The maximum Gasteiger partial charge on any atom is 0.251 e. The summed E-state index contributed by atoms with van der Waals surface area (Å²) in [6.45, 7) is 6.67. The van der Waals surface area contributed by atoms with Gasteiger partial charge in [-0.05, 0) is 49.9 Å². The number of benzene rings is 1. The lowest BCUT2D eigenvalue weighted by atomic mass is 10.0. The predicted molar refractivity (Wildman–Crippen MR) is 119 cm³/mol. The number of anilines is 1. The van der Waals surface area contributed by atoms with Crippen LogP contribution >= 0.6 is 11.3 Å². The Morgan fingerprint density at radius 1 is 1.26 bits per heavy atom. The zero-order chi connectivity index (χ0) is 22.4. The fraction of sp³-hybridized carbons (Fsp3) is 0.455. The Bertz CT molecular complexity index is 899. The van der Waals surface area contributed by atoms with Crippen molar-refractivity contribution < 1.29 is 19.1 Å². The molecule has 3 rings (SSSR count). The summed E-state index contributed by atoms with van der Waals surface area (Å²) in [7, 11) is 0. The number of carbonyl (C=O) groups is 3. The van der Waals surface area contributed by atoms with Crippen molar-refractivity contribution in [2.24, 2.45) is 5.92 Å². The van der Waals surface area contributed by atoms with E-state index in [0.29, 0.717) is 36.0 Å². The molecule has 0 spiro atoms. The van der Waals surface area contributed by atoms with E-state index in [0.717, 1.165) is 6.42 Å². The van der Waals surface area contributed by atoms with Crippen molar-refractivity contribution in [2.45, 2.75) is 45.7 Å². The van der Waals surface area contributed by atoms with Crippen LogP contribution in [0.4, 0.5) is 5.13 Å². The third kappa shape index (κ3) is 5.61. The summed E-state index contributed by atoms with van der Waals surface area (Å²) in [5.74, 6) is -0.283. The summed E-state index contributed by atoms with van der Waals surface area (Å²) in [5.41, 5.74) is 0.446. The van der Waals surface area contributed by atoms with E-state index in [-0.39, 0.29) is 23.6 Å². The molecule has 1 saturated heterocycles. The Morgan fingerprint density at radius 2 is 2.00 bits per heavy atom. The first kappa shape index (κ1) is 22.7. The molecule has 2 aromatic rings. The highest BCUT2D eigenvalue weighted by Gasteiger charge is 2.38. The van der Waals surface area contributed by atoms with Gasteiger partial charge >= 0.3 is 0 Å². The largest absolute Gasteiger partial charge is 0.494 e. The molecule has 0 radical (unpaired) electrons. The first-order chi connectivity index (χ1) is 14.9. The maximum absolute atomic E-state index is 13.3. The Labute approximate surface area is 186 Å². The van der Waals surface area contributed by atoms with Crippen LogP contribution in [0.15, 0.2) is 35.8 Å². The summed E-state index contributed by atoms with van der Waals surface area (Å²) in [6.07, 6.45) is 2.93. The molecule has 1 aromatic heterocycles. The number of ether oxygens (including phenoxy) is 1. The summed E-state index contributed by atoms with van der Waals surface area (Å²) in [6, 6.07) is 5.49. The van der Waals surface area contributed by atoms with Gasteiger partial charge in [0, 0.05) is 23.7 Å². The van der Waals surface area contributed by atoms with E-state index in [2.05, 4.69) is 15.6 Å². The molecule has 3 amide bonds. The van der Waals surface area contributed by atoms with Gasteiger partial charge in [0.1, 0.15) is 17.8 Å². The molecule has 2 N–H and O–H groups in total. The second-order valence-electron chi connectivity index (χ2n) is 7.67. The van der Waals surface area contributed by atoms with Crippen molar-refractivity contribution in [3.63, 3.8) is 0 Å². The van der Waals surface area contributed by atoms with E-state index in [1.54, 1.807) is 40.7 Å². The normalized spacial score (nSPS) is 16.8. The third-order valence-corrected chi connectivity index (χ3v) is 5.84. The minimum absolute atomic E-state index is 0.137. The molecule has 0 saturated carbocycles. The van der Waals surface area contributed by atoms with Gasteiger partial charge in [-0.15, -0.1) is 11.3 Å². The summed E-state index contributed by atoms with van der Waals surface area (Å²) in [4.78, 5) is 44.4. The van der Waals surface area contributed by atoms with Crippen LogP contribution in [0.1, 0.15) is 44.0 Å². The third-order valence-electron chi connectivity index (χ3n) is 5.15. The fourth-order valence-electron chi connectivity index (χ4n) is 3.56. The Morgan fingerprint density at radius 3 is 2.61 bits per heavy atom. The average molecular weight is 445 g/mol. The van der Waals surface area contributed by atoms with Crippen LogP contribution in [0.2, 0.25) is 0 Å². The second-order valence-corrected chi connectivity index (χ2v) is 8.56. The number of aromatic nitrogens is 1. The van der Waals surface area contributed by atoms with Gasteiger partial charge in [-0.3, -0.25) is 14.4 Å². The standard InChI is InChI=1S/C22H28N4O4S/c1-4-30-16-9-7-15(8-10-16)19(27)24-18(14(2)3)21(29)26-12-5-6-17(26)20(28)25-22-23-11-13-31-22/h7-11,13-14,17-18H,4-6,12H2,1-3H3,(H,24,27)(H,23,25,28).